The summed E-state index contributed by atoms with van der Waals surface area (Å²) in [4.78, 5) is 8.25. The third-order valence-corrected chi connectivity index (χ3v) is 7.51. The first kappa shape index (κ1) is 29.6. The van der Waals surface area contributed by atoms with Gasteiger partial charge in [0.2, 0.25) is 5.95 Å². The molecule has 0 aliphatic heterocycles. The molecule has 14 heteroatoms. The standard InChI is InChI=1S/C28H26BClF4N8/c1-14-17(5-6-20(31)38-14)23(24-25(29)42(41-40-24)27(7-8-27)28(32,33)34)39-16-9-18-21(37-13-26(2,3)4)15(11-35)12-36-22(18)19(30)10-16/h5-6,9-10,12,23,39H,7-8,13H2,1-4H3,(H,36,37)/t23-/m0/s1. The molecule has 0 unspecified atom stereocenters. The normalized spacial score (nSPS) is 15.3. The quantitative estimate of drug-likeness (QED) is 0.160. The van der Waals surface area contributed by atoms with Crippen molar-refractivity contribution in [3.05, 3.63) is 63.9 Å². The molecule has 1 aliphatic rings. The summed E-state index contributed by atoms with van der Waals surface area (Å²) in [6, 6.07) is 7.07. The number of hydrogen-bond acceptors (Lipinski definition) is 7. The summed E-state index contributed by atoms with van der Waals surface area (Å²) < 4.78 is 56.4. The van der Waals surface area contributed by atoms with Gasteiger partial charge in [-0.25, -0.2) is 9.67 Å². The molecule has 4 aromatic rings. The Balaban J connectivity index is 1.64. The van der Waals surface area contributed by atoms with Crippen LogP contribution in [-0.4, -0.2) is 45.5 Å². The number of alkyl halides is 3. The lowest BCUT2D eigenvalue weighted by atomic mass is 9.92. The predicted molar refractivity (Wildman–Crippen MR) is 152 cm³/mol. The molecule has 3 heterocycles. The van der Waals surface area contributed by atoms with Crippen molar-refractivity contribution in [3.63, 3.8) is 0 Å². The fourth-order valence-electron chi connectivity index (χ4n) is 4.83. The van der Waals surface area contributed by atoms with E-state index in [9.17, 15) is 22.8 Å². The number of nitrogens with one attached hydrogen (secondary N) is 2. The number of fused-ring (bicyclic) bond motifs is 1. The smallest absolute Gasteiger partial charge is 0.383 e. The number of nitriles is 1. The average molecular weight is 597 g/mol. The third-order valence-electron chi connectivity index (χ3n) is 7.22. The molecule has 0 amide bonds. The SMILES string of the molecule is [B]c1c([C@@H](Nc2cc(Cl)c3ncc(C#N)c(NCC(C)(C)C)c3c2)c2ccc(F)nc2C)nnn1C1(C(F)(F)F)CC1. The molecule has 2 N–H and O–H groups in total. The number of benzene rings is 1. The lowest BCUT2D eigenvalue weighted by Crippen LogP contribution is -2.42. The monoisotopic (exact) mass is 596 g/mol. The molecule has 1 aromatic carbocycles. The van der Waals surface area contributed by atoms with Crippen molar-refractivity contribution in [2.45, 2.75) is 58.3 Å². The highest BCUT2D eigenvalue weighted by Crippen LogP contribution is 2.54. The highest BCUT2D eigenvalue weighted by molar-refractivity contribution is 6.36. The van der Waals surface area contributed by atoms with Crippen molar-refractivity contribution in [1.29, 1.82) is 5.26 Å². The van der Waals surface area contributed by atoms with E-state index in [0.29, 0.717) is 44.6 Å². The summed E-state index contributed by atoms with van der Waals surface area (Å²) in [7, 11) is 6.28. The van der Waals surface area contributed by atoms with Crippen molar-refractivity contribution < 1.29 is 17.6 Å². The Morgan fingerprint density at radius 2 is 1.93 bits per heavy atom. The van der Waals surface area contributed by atoms with Gasteiger partial charge in [-0.1, -0.05) is 43.7 Å². The fraction of sp³-hybridized carbons (Fsp3) is 0.393. The van der Waals surface area contributed by atoms with Gasteiger partial charge in [0, 0.05) is 40.7 Å². The zero-order chi connectivity index (χ0) is 30.6. The number of halogens is 5. The fourth-order valence-corrected chi connectivity index (χ4v) is 5.10. The maximum atomic E-state index is 13.9. The van der Waals surface area contributed by atoms with Crippen LogP contribution in [0.3, 0.4) is 0 Å². The van der Waals surface area contributed by atoms with E-state index in [1.54, 1.807) is 19.1 Å². The molecule has 8 nitrogen and oxygen atoms in total. The minimum Gasteiger partial charge on any atom is -0.383 e. The van der Waals surface area contributed by atoms with Crippen molar-refractivity contribution in [1.82, 2.24) is 25.0 Å². The van der Waals surface area contributed by atoms with Gasteiger partial charge in [0.05, 0.1) is 27.8 Å². The van der Waals surface area contributed by atoms with Gasteiger partial charge in [-0.05, 0) is 43.4 Å². The van der Waals surface area contributed by atoms with Crippen LogP contribution in [0, 0.1) is 29.6 Å². The lowest BCUT2D eigenvalue weighted by molar-refractivity contribution is -0.182. The van der Waals surface area contributed by atoms with Gasteiger partial charge in [-0.3, -0.25) is 4.98 Å². The molecule has 5 rings (SSSR count). The van der Waals surface area contributed by atoms with Crippen LogP contribution < -0.4 is 16.2 Å². The van der Waals surface area contributed by atoms with Gasteiger partial charge in [0.1, 0.15) is 19.6 Å². The number of hydrogen-bond donors (Lipinski definition) is 2. The summed E-state index contributed by atoms with van der Waals surface area (Å²) in [6.45, 7) is 8.24. The van der Waals surface area contributed by atoms with E-state index >= 15 is 0 Å². The average Bonchev–Trinajstić information content (AvgIpc) is 3.62. The number of aromatic nitrogens is 5. The van der Waals surface area contributed by atoms with Gasteiger partial charge in [0.15, 0.2) is 5.54 Å². The Morgan fingerprint density at radius 1 is 1.21 bits per heavy atom. The van der Waals surface area contributed by atoms with Crippen molar-refractivity contribution in [2.75, 3.05) is 17.2 Å². The van der Waals surface area contributed by atoms with Crippen molar-refractivity contribution in [2.24, 2.45) is 5.41 Å². The van der Waals surface area contributed by atoms with E-state index in [4.69, 9.17) is 19.4 Å². The molecule has 0 saturated heterocycles. The van der Waals surface area contributed by atoms with Crippen LogP contribution >= 0.6 is 11.6 Å². The van der Waals surface area contributed by atoms with Crippen LogP contribution in [-0.2, 0) is 5.54 Å². The molecule has 2 radical (unpaired) electrons. The summed E-state index contributed by atoms with van der Waals surface area (Å²) in [6.07, 6.45) is -3.47. The van der Waals surface area contributed by atoms with E-state index in [1.807, 2.05) is 20.8 Å². The van der Waals surface area contributed by atoms with Crippen LogP contribution in [0.5, 0.6) is 0 Å². The largest absolute Gasteiger partial charge is 0.413 e. The first-order valence-corrected chi connectivity index (χ1v) is 13.5. The molecule has 3 aromatic heterocycles. The van der Waals surface area contributed by atoms with E-state index in [0.717, 1.165) is 6.07 Å². The highest BCUT2D eigenvalue weighted by atomic mass is 35.5. The molecule has 1 saturated carbocycles. The maximum Gasteiger partial charge on any atom is 0.413 e. The summed E-state index contributed by atoms with van der Waals surface area (Å²) in [5, 5.41) is 25.0. The first-order chi connectivity index (χ1) is 19.6. The molecule has 0 spiro atoms. The highest BCUT2D eigenvalue weighted by Gasteiger charge is 2.66. The molecule has 1 fully saturated rings. The van der Waals surface area contributed by atoms with Gasteiger partial charge in [0.25, 0.3) is 0 Å². The van der Waals surface area contributed by atoms with Crippen LogP contribution in [0.2, 0.25) is 5.02 Å². The summed E-state index contributed by atoms with van der Waals surface area (Å²) >= 11 is 6.64. The second kappa shape index (κ2) is 10.4. The van der Waals surface area contributed by atoms with Gasteiger partial charge in [-0.15, -0.1) is 5.10 Å². The Labute approximate surface area is 245 Å². The number of pyridine rings is 2. The number of aryl methyl sites for hydroxylation is 1. The van der Waals surface area contributed by atoms with E-state index in [2.05, 4.69) is 37.0 Å². The van der Waals surface area contributed by atoms with E-state index in [1.165, 1.54) is 12.3 Å². The topological polar surface area (TPSA) is 104 Å². The molecule has 42 heavy (non-hydrogen) atoms. The predicted octanol–water partition coefficient (Wildman–Crippen LogP) is 5.70. The zero-order valence-corrected chi connectivity index (χ0v) is 24.0. The number of nitrogens with zero attached hydrogens (tertiary/aromatic N) is 6. The second-order valence-corrected chi connectivity index (χ2v) is 12.0. The molecular formula is C28H26BClF4N8. The first-order valence-electron chi connectivity index (χ1n) is 13.1. The van der Waals surface area contributed by atoms with Gasteiger partial charge >= 0.3 is 6.18 Å². The van der Waals surface area contributed by atoms with Gasteiger partial charge < -0.3 is 10.6 Å². The zero-order valence-electron chi connectivity index (χ0n) is 23.2. The molecule has 1 atom stereocenters. The minimum atomic E-state index is -4.57. The van der Waals surface area contributed by atoms with E-state index in [-0.39, 0.29) is 40.3 Å². The van der Waals surface area contributed by atoms with Gasteiger partial charge in [-0.2, -0.15) is 22.8 Å². The Morgan fingerprint density at radius 3 is 2.52 bits per heavy atom. The summed E-state index contributed by atoms with van der Waals surface area (Å²) in [5.41, 5.74) is -0.213. The second-order valence-electron chi connectivity index (χ2n) is 11.6. The molecule has 0 bridgehead atoms. The van der Waals surface area contributed by atoms with Crippen molar-refractivity contribution >= 4 is 47.3 Å². The molecule has 216 valence electrons. The number of rotatable bonds is 7. The Kier molecular flexibility index (Phi) is 7.33. The van der Waals surface area contributed by atoms with Crippen LogP contribution in [0.25, 0.3) is 10.9 Å². The van der Waals surface area contributed by atoms with Crippen molar-refractivity contribution in [3.8, 4) is 6.07 Å². The summed E-state index contributed by atoms with van der Waals surface area (Å²) in [5.74, 6) is -0.723. The minimum absolute atomic E-state index is 0.00762. The molecular weight excluding hydrogens is 571 g/mol. The van der Waals surface area contributed by atoms with Crippen LogP contribution in [0.4, 0.5) is 28.9 Å². The van der Waals surface area contributed by atoms with Crippen LogP contribution in [0.15, 0.2) is 30.5 Å². The Bertz CT molecular complexity index is 1720. The molecule has 1 aliphatic carbocycles. The van der Waals surface area contributed by atoms with Crippen LogP contribution in [0.1, 0.15) is 62.2 Å². The van der Waals surface area contributed by atoms with E-state index < -0.39 is 23.7 Å². The third kappa shape index (κ3) is 5.35. The number of anilines is 2. The maximum absolute atomic E-state index is 13.9. The lowest BCUT2D eigenvalue weighted by Gasteiger charge is -2.24. The Hall–Kier alpha value is -3.92.